The van der Waals surface area contributed by atoms with Gasteiger partial charge in [0, 0.05) is 4.88 Å². The van der Waals surface area contributed by atoms with Crippen LogP contribution in [0.1, 0.15) is 43.0 Å². The minimum absolute atomic E-state index is 0.335. The van der Waals surface area contributed by atoms with Crippen LogP contribution in [-0.4, -0.2) is 67.9 Å². The van der Waals surface area contributed by atoms with Crippen molar-refractivity contribution >= 4 is 39.7 Å². The number of nitrogens with zero attached hydrogens (tertiary/aromatic N) is 3. The van der Waals surface area contributed by atoms with Gasteiger partial charge in [-0.1, -0.05) is 38.3 Å². The lowest BCUT2D eigenvalue weighted by atomic mass is 10.2. The lowest BCUT2D eigenvalue weighted by molar-refractivity contribution is -0.929. The van der Waals surface area contributed by atoms with Crippen LogP contribution in [0.5, 0.6) is 0 Å². The number of carbonyl (C=O) groups excluding carboxylic acids is 1. The average molecular weight is 472 g/mol. The van der Waals surface area contributed by atoms with E-state index in [1.807, 2.05) is 12.1 Å². The molecule has 2 aromatic rings. The smallest absolute Gasteiger partial charge is 0.434 e. The summed E-state index contributed by atoms with van der Waals surface area (Å²) in [5.74, 6) is 1.02. The van der Waals surface area contributed by atoms with Crippen LogP contribution in [0.25, 0.3) is 0 Å². The number of fused-ring (bicyclic) bond motifs is 2. The molecule has 1 saturated heterocycles. The number of aliphatic imine (C=N–C) groups is 1. The number of carbonyl (C=O) groups is 1. The normalized spacial score (nSPS) is 16.7. The Balaban J connectivity index is 1.36. The number of likely N-dealkylation sites (N-methyl/N-ethyl adjacent to an activating group) is 1. The summed E-state index contributed by atoms with van der Waals surface area (Å²) in [6, 6.07) is 10.4. The van der Waals surface area contributed by atoms with Gasteiger partial charge in [-0.15, -0.1) is 11.3 Å². The molecule has 1 N–H and O–H groups in total. The first-order valence-corrected chi connectivity index (χ1v) is 12.7. The Morgan fingerprint density at radius 3 is 2.76 bits per heavy atom. The summed E-state index contributed by atoms with van der Waals surface area (Å²) >= 11 is 1.76. The highest BCUT2D eigenvalue weighted by Gasteiger charge is 2.33. The molecule has 0 amide bonds. The molecule has 0 saturated carbocycles. The fraction of sp³-hybridized carbons (Fsp3) is 0.520. The van der Waals surface area contributed by atoms with Crippen molar-refractivity contribution in [2.24, 2.45) is 4.99 Å². The van der Waals surface area contributed by atoms with Crippen molar-refractivity contribution in [2.75, 3.05) is 51.9 Å². The summed E-state index contributed by atoms with van der Waals surface area (Å²) in [4.78, 5) is 20.7. The molecule has 4 rings (SSSR count). The van der Waals surface area contributed by atoms with Crippen LogP contribution in [0.3, 0.4) is 0 Å². The number of amidine groups is 1. The molecule has 3 heterocycles. The summed E-state index contributed by atoms with van der Waals surface area (Å²) < 4.78 is 11.4. The first-order valence-electron chi connectivity index (χ1n) is 11.9. The van der Waals surface area contributed by atoms with E-state index in [-0.39, 0.29) is 0 Å². The van der Waals surface area contributed by atoms with Crippen LogP contribution >= 0.6 is 11.3 Å². The Morgan fingerprint density at radius 2 is 1.97 bits per heavy atom. The van der Waals surface area contributed by atoms with Crippen LogP contribution < -0.4 is 5.32 Å². The molecule has 0 atom stereocenters. The van der Waals surface area contributed by atoms with Crippen LogP contribution in [0.4, 0.5) is 21.2 Å². The highest BCUT2D eigenvalue weighted by molar-refractivity contribution is 7.16. The summed E-state index contributed by atoms with van der Waals surface area (Å²) in [5, 5.41) is 4.71. The molecule has 0 aliphatic carbocycles. The molecule has 0 bridgehead atoms. The Bertz CT molecular complexity index is 995. The summed E-state index contributed by atoms with van der Waals surface area (Å²) in [6.07, 6.45) is 3.77. The minimum atomic E-state index is -0.553. The SMILES string of the molecule is CCCCCCOC(=O)OC[N+]1(C)CCN(C2=Nc3ccccc3Nc3sc(C)cc32)CC1. The van der Waals surface area contributed by atoms with Gasteiger partial charge >= 0.3 is 6.16 Å². The van der Waals surface area contributed by atoms with Crippen molar-refractivity contribution in [3.8, 4) is 0 Å². The Labute approximate surface area is 200 Å². The van der Waals surface area contributed by atoms with Gasteiger partial charge in [0.25, 0.3) is 0 Å². The number of hydrogen-bond acceptors (Lipinski definition) is 7. The fourth-order valence-electron chi connectivity index (χ4n) is 4.21. The summed E-state index contributed by atoms with van der Waals surface area (Å²) in [7, 11) is 2.14. The number of aryl methyl sites for hydroxylation is 1. The zero-order chi connectivity index (χ0) is 23.3. The molecule has 7 nitrogen and oxygen atoms in total. The van der Waals surface area contributed by atoms with Crippen LogP contribution in [0.2, 0.25) is 0 Å². The van der Waals surface area contributed by atoms with Gasteiger partial charge in [0.15, 0.2) is 0 Å². The van der Waals surface area contributed by atoms with Crippen molar-refractivity contribution in [2.45, 2.75) is 39.5 Å². The monoisotopic (exact) mass is 471 g/mol. The predicted molar refractivity (Wildman–Crippen MR) is 134 cm³/mol. The van der Waals surface area contributed by atoms with Crippen molar-refractivity contribution in [3.63, 3.8) is 0 Å². The van der Waals surface area contributed by atoms with Gasteiger partial charge < -0.3 is 19.7 Å². The molecule has 0 radical (unpaired) electrons. The topological polar surface area (TPSA) is 63.2 Å². The third kappa shape index (κ3) is 5.86. The van der Waals surface area contributed by atoms with E-state index in [1.165, 1.54) is 17.7 Å². The lowest BCUT2D eigenvalue weighted by Gasteiger charge is -2.41. The molecular formula is C25H35N4O3S+. The van der Waals surface area contributed by atoms with E-state index in [0.29, 0.717) is 17.8 Å². The molecule has 8 heteroatoms. The zero-order valence-corrected chi connectivity index (χ0v) is 20.7. The van der Waals surface area contributed by atoms with E-state index in [0.717, 1.165) is 66.8 Å². The van der Waals surface area contributed by atoms with Gasteiger partial charge in [-0.2, -0.15) is 0 Å². The van der Waals surface area contributed by atoms with E-state index in [4.69, 9.17) is 14.5 Å². The van der Waals surface area contributed by atoms with E-state index in [2.05, 4.69) is 49.3 Å². The quantitative estimate of drug-likeness (QED) is 0.321. The second kappa shape index (κ2) is 10.6. The molecule has 33 heavy (non-hydrogen) atoms. The van der Waals surface area contributed by atoms with Gasteiger partial charge in [-0.05, 0) is 31.5 Å². The van der Waals surface area contributed by atoms with Gasteiger partial charge in [0.2, 0.25) is 6.73 Å². The largest absolute Gasteiger partial charge is 0.512 e. The van der Waals surface area contributed by atoms with Crippen molar-refractivity contribution in [1.29, 1.82) is 0 Å². The van der Waals surface area contributed by atoms with Gasteiger partial charge in [-0.3, -0.25) is 4.48 Å². The number of hydrogen-bond donors (Lipinski definition) is 1. The molecule has 1 fully saturated rings. The van der Waals surface area contributed by atoms with Crippen LogP contribution in [0, 0.1) is 6.92 Å². The molecule has 1 aromatic heterocycles. The molecular weight excluding hydrogens is 436 g/mol. The zero-order valence-electron chi connectivity index (χ0n) is 19.9. The number of quaternary nitrogens is 1. The number of nitrogens with one attached hydrogen (secondary N) is 1. The maximum atomic E-state index is 12.0. The standard InChI is InChI=1S/C25H35N4O3S/c1-4-5-6-9-16-31-25(30)32-18-29(3)14-12-28(13-15-29)23-20-17-19(2)33-24(20)27-22-11-8-7-10-21(22)26-23/h7-8,10-11,17,27H,4-6,9,12-16,18H2,1-3H3/q+1. The first kappa shape index (κ1) is 23.6. The molecule has 2 aliphatic rings. The van der Waals surface area contributed by atoms with Gasteiger partial charge in [-0.25, -0.2) is 9.79 Å². The molecule has 178 valence electrons. The third-order valence-corrected chi connectivity index (χ3v) is 7.27. The maximum absolute atomic E-state index is 12.0. The van der Waals surface area contributed by atoms with Crippen molar-refractivity contribution < 1.29 is 18.8 Å². The van der Waals surface area contributed by atoms with E-state index >= 15 is 0 Å². The summed E-state index contributed by atoms with van der Waals surface area (Å²) in [5.41, 5.74) is 3.16. The van der Waals surface area contributed by atoms with Crippen molar-refractivity contribution in [3.05, 3.63) is 40.8 Å². The highest BCUT2D eigenvalue weighted by atomic mass is 32.1. The van der Waals surface area contributed by atoms with Crippen molar-refractivity contribution in [1.82, 2.24) is 4.90 Å². The fourth-order valence-corrected chi connectivity index (χ4v) is 5.13. The number of thiophene rings is 1. The van der Waals surface area contributed by atoms with Crippen LogP contribution in [0.15, 0.2) is 35.3 Å². The predicted octanol–water partition coefficient (Wildman–Crippen LogP) is 5.65. The van der Waals surface area contributed by atoms with E-state index in [1.54, 1.807) is 11.3 Å². The minimum Gasteiger partial charge on any atom is -0.434 e. The maximum Gasteiger partial charge on any atom is 0.512 e. The second-order valence-electron chi connectivity index (χ2n) is 9.16. The van der Waals surface area contributed by atoms with Crippen LogP contribution in [-0.2, 0) is 9.47 Å². The Kier molecular flexibility index (Phi) is 7.55. The molecule has 0 unspecified atom stereocenters. The van der Waals surface area contributed by atoms with Gasteiger partial charge in [0.05, 0.1) is 56.8 Å². The molecule has 0 spiro atoms. The van der Waals surface area contributed by atoms with E-state index < -0.39 is 6.16 Å². The number of ether oxygens (including phenoxy) is 2. The average Bonchev–Trinajstić information content (AvgIpc) is 3.10. The van der Waals surface area contributed by atoms with Gasteiger partial charge in [0.1, 0.15) is 10.8 Å². The Morgan fingerprint density at radius 1 is 1.18 bits per heavy atom. The molecule has 2 aliphatic heterocycles. The lowest BCUT2D eigenvalue weighted by Crippen LogP contribution is -2.59. The number of anilines is 2. The number of para-hydroxylation sites is 2. The highest BCUT2D eigenvalue weighted by Crippen LogP contribution is 2.39. The third-order valence-electron chi connectivity index (χ3n) is 6.31. The first-order chi connectivity index (χ1) is 16.0. The number of benzene rings is 1. The second-order valence-corrected chi connectivity index (χ2v) is 10.4. The van der Waals surface area contributed by atoms with E-state index in [9.17, 15) is 4.79 Å². The Hall–Kier alpha value is -2.58. The summed E-state index contributed by atoms with van der Waals surface area (Å²) in [6.45, 7) is 8.51. The number of piperazine rings is 1. The molecule has 1 aromatic carbocycles. The number of rotatable bonds is 7. The number of unbranched alkanes of at least 4 members (excludes halogenated alkanes) is 3.